The molecular weight excluding hydrogens is 244 g/mol. The molecule has 2 nitrogen and oxygen atoms in total. The molecule has 1 heterocycles. The lowest BCUT2D eigenvalue weighted by molar-refractivity contribution is 0.681. The molecule has 1 N–H and O–H groups in total. The molecule has 0 aliphatic rings. The number of pyridine rings is 1. The second-order valence-electron chi connectivity index (χ2n) is 4.24. The lowest BCUT2D eigenvalue weighted by atomic mass is 10.1. The van der Waals surface area contributed by atoms with Crippen LogP contribution in [0.3, 0.4) is 0 Å². The number of aromatic nitrogens is 1. The highest BCUT2D eigenvalue weighted by atomic mass is 35.5. The van der Waals surface area contributed by atoms with Gasteiger partial charge in [-0.05, 0) is 55.3 Å². The average molecular weight is 261 g/mol. The fourth-order valence-electron chi connectivity index (χ4n) is 1.79. The van der Waals surface area contributed by atoms with Gasteiger partial charge in [0.05, 0.1) is 0 Å². The Kier molecular flexibility index (Phi) is 5.18. The van der Waals surface area contributed by atoms with E-state index in [1.54, 1.807) is 6.20 Å². The fourth-order valence-corrected chi connectivity index (χ4v) is 1.91. The Hall–Kier alpha value is -1.38. The summed E-state index contributed by atoms with van der Waals surface area (Å²) in [6.07, 6.45) is 5.77. The van der Waals surface area contributed by atoms with Crippen LogP contribution in [0.5, 0.6) is 0 Å². The Balaban J connectivity index is 1.63. The number of benzene rings is 1. The zero-order chi connectivity index (χ0) is 12.6. The monoisotopic (exact) mass is 260 g/mol. The van der Waals surface area contributed by atoms with Crippen molar-refractivity contribution in [1.82, 2.24) is 10.3 Å². The lowest BCUT2D eigenvalue weighted by Gasteiger charge is -2.05. The Bertz CT molecular complexity index is 454. The Morgan fingerprint density at radius 3 is 2.33 bits per heavy atom. The van der Waals surface area contributed by atoms with Crippen molar-refractivity contribution in [2.24, 2.45) is 0 Å². The summed E-state index contributed by atoms with van der Waals surface area (Å²) in [4.78, 5) is 4.10. The van der Waals surface area contributed by atoms with E-state index in [9.17, 15) is 0 Å². The molecule has 2 rings (SSSR count). The first-order chi connectivity index (χ1) is 8.84. The minimum Gasteiger partial charge on any atom is -0.316 e. The number of rotatable bonds is 6. The van der Waals surface area contributed by atoms with Crippen molar-refractivity contribution >= 4 is 11.6 Å². The summed E-state index contributed by atoms with van der Waals surface area (Å²) >= 11 is 5.84. The number of nitrogens with zero attached hydrogens (tertiary/aromatic N) is 1. The van der Waals surface area contributed by atoms with Crippen LogP contribution in [0.25, 0.3) is 0 Å². The third-order valence-electron chi connectivity index (χ3n) is 2.82. The van der Waals surface area contributed by atoms with Crippen molar-refractivity contribution in [2.45, 2.75) is 12.8 Å². The Morgan fingerprint density at radius 2 is 1.67 bits per heavy atom. The van der Waals surface area contributed by atoms with E-state index in [-0.39, 0.29) is 0 Å². The molecule has 0 bridgehead atoms. The van der Waals surface area contributed by atoms with Crippen molar-refractivity contribution in [1.29, 1.82) is 0 Å². The zero-order valence-electron chi connectivity index (χ0n) is 10.3. The van der Waals surface area contributed by atoms with Gasteiger partial charge in [-0.15, -0.1) is 0 Å². The van der Waals surface area contributed by atoms with Crippen LogP contribution < -0.4 is 5.32 Å². The first-order valence-electron chi connectivity index (χ1n) is 6.18. The van der Waals surface area contributed by atoms with Crippen molar-refractivity contribution in [2.75, 3.05) is 13.1 Å². The molecule has 0 atom stereocenters. The summed E-state index contributed by atoms with van der Waals surface area (Å²) < 4.78 is 0. The van der Waals surface area contributed by atoms with Gasteiger partial charge in [0.2, 0.25) is 0 Å². The van der Waals surface area contributed by atoms with E-state index in [1.165, 1.54) is 11.1 Å². The van der Waals surface area contributed by atoms with Gasteiger partial charge in [-0.2, -0.15) is 0 Å². The minimum atomic E-state index is 0.795. The summed E-state index contributed by atoms with van der Waals surface area (Å²) in [7, 11) is 0. The quantitative estimate of drug-likeness (QED) is 0.808. The first kappa shape index (κ1) is 13.1. The molecule has 0 aliphatic carbocycles. The Labute approximate surface area is 113 Å². The highest BCUT2D eigenvalue weighted by molar-refractivity contribution is 6.30. The van der Waals surface area contributed by atoms with Crippen molar-refractivity contribution < 1.29 is 0 Å². The molecule has 1 aromatic heterocycles. The predicted molar refractivity (Wildman–Crippen MR) is 76.0 cm³/mol. The average Bonchev–Trinajstić information content (AvgIpc) is 2.42. The van der Waals surface area contributed by atoms with E-state index in [0.29, 0.717) is 0 Å². The summed E-state index contributed by atoms with van der Waals surface area (Å²) in [6, 6.07) is 12.1. The Morgan fingerprint density at radius 1 is 0.944 bits per heavy atom. The van der Waals surface area contributed by atoms with Crippen LogP contribution in [-0.4, -0.2) is 18.1 Å². The second-order valence-corrected chi connectivity index (χ2v) is 4.67. The van der Waals surface area contributed by atoms with Gasteiger partial charge in [0, 0.05) is 17.4 Å². The van der Waals surface area contributed by atoms with Gasteiger partial charge >= 0.3 is 0 Å². The van der Waals surface area contributed by atoms with Gasteiger partial charge in [-0.25, -0.2) is 0 Å². The fraction of sp³-hybridized carbons (Fsp3) is 0.267. The van der Waals surface area contributed by atoms with Crippen LogP contribution in [0, 0.1) is 0 Å². The van der Waals surface area contributed by atoms with Crippen LogP contribution in [0.1, 0.15) is 11.1 Å². The summed E-state index contributed by atoms with van der Waals surface area (Å²) in [5.74, 6) is 0. The third kappa shape index (κ3) is 4.47. The van der Waals surface area contributed by atoms with E-state index in [1.807, 2.05) is 24.4 Å². The molecule has 0 unspecified atom stereocenters. The zero-order valence-corrected chi connectivity index (χ0v) is 11.0. The molecule has 0 spiro atoms. The normalized spacial score (nSPS) is 10.5. The molecule has 0 saturated heterocycles. The van der Waals surface area contributed by atoms with E-state index < -0.39 is 0 Å². The van der Waals surface area contributed by atoms with E-state index in [0.717, 1.165) is 31.0 Å². The molecule has 0 fully saturated rings. The molecule has 2 aromatic rings. The number of hydrogen-bond acceptors (Lipinski definition) is 2. The summed E-state index contributed by atoms with van der Waals surface area (Å²) in [5, 5.41) is 4.23. The molecule has 0 amide bonds. The summed E-state index contributed by atoms with van der Waals surface area (Å²) in [6.45, 7) is 1.97. The molecule has 0 aliphatic heterocycles. The first-order valence-corrected chi connectivity index (χ1v) is 6.56. The van der Waals surface area contributed by atoms with Crippen LogP contribution in [0.15, 0.2) is 48.8 Å². The molecule has 0 radical (unpaired) electrons. The number of hydrogen-bond donors (Lipinski definition) is 1. The maximum atomic E-state index is 5.84. The molecule has 0 saturated carbocycles. The van der Waals surface area contributed by atoms with E-state index >= 15 is 0 Å². The summed E-state index contributed by atoms with van der Waals surface area (Å²) in [5.41, 5.74) is 2.59. The largest absolute Gasteiger partial charge is 0.316 e. The van der Waals surface area contributed by atoms with Gasteiger partial charge in [0.15, 0.2) is 0 Å². The maximum absolute atomic E-state index is 5.84. The van der Waals surface area contributed by atoms with Gasteiger partial charge in [0.25, 0.3) is 0 Å². The highest BCUT2D eigenvalue weighted by Gasteiger charge is 1.94. The van der Waals surface area contributed by atoms with Gasteiger partial charge in [0.1, 0.15) is 0 Å². The third-order valence-corrected chi connectivity index (χ3v) is 3.07. The van der Waals surface area contributed by atoms with Gasteiger partial charge in [-0.1, -0.05) is 29.8 Å². The molecule has 94 valence electrons. The van der Waals surface area contributed by atoms with Crippen LogP contribution in [0.2, 0.25) is 5.02 Å². The van der Waals surface area contributed by atoms with E-state index in [4.69, 9.17) is 11.6 Å². The minimum absolute atomic E-state index is 0.795. The highest BCUT2D eigenvalue weighted by Crippen LogP contribution is 2.09. The topological polar surface area (TPSA) is 24.9 Å². The van der Waals surface area contributed by atoms with Gasteiger partial charge < -0.3 is 5.32 Å². The smallest absolute Gasteiger partial charge is 0.0406 e. The molecule has 18 heavy (non-hydrogen) atoms. The maximum Gasteiger partial charge on any atom is 0.0406 e. The van der Waals surface area contributed by atoms with Crippen LogP contribution in [0.4, 0.5) is 0 Å². The molecular formula is C15H17ClN2. The molecule has 3 heteroatoms. The van der Waals surface area contributed by atoms with Gasteiger partial charge in [-0.3, -0.25) is 4.98 Å². The number of nitrogens with one attached hydrogen (secondary N) is 1. The predicted octanol–water partition coefficient (Wildman–Crippen LogP) is 3.11. The standard InChI is InChI=1S/C15H17ClN2/c16-15-5-3-13(4-6-15)7-10-17-11-8-14-2-1-9-18-12-14/h1-6,9,12,17H,7-8,10-11H2. The lowest BCUT2D eigenvalue weighted by Crippen LogP contribution is -2.20. The SMILES string of the molecule is Clc1ccc(CCNCCc2cccnc2)cc1. The molecule has 1 aromatic carbocycles. The van der Waals surface area contributed by atoms with Crippen LogP contribution in [-0.2, 0) is 12.8 Å². The van der Waals surface area contributed by atoms with Crippen molar-refractivity contribution in [3.8, 4) is 0 Å². The van der Waals surface area contributed by atoms with E-state index in [2.05, 4.69) is 28.5 Å². The number of halogens is 1. The van der Waals surface area contributed by atoms with Crippen molar-refractivity contribution in [3.63, 3.8) is 0 Å². The van der Waals surface area contributed by atoms with Crippen LogP contribution >= 0.6 is 11.6 Å². The second kappa shape index (κ2) is 7.14. The van der Waals surface area contributed by atoms with Crippen molar-refractivity contribution in [3.05, 3.63) is 64.9 Å².